The van der Waals surface area contributed by atoms with Crippen LogP contribution in [0.15, 0.2) is 23.1 Å². The summed E-state index contributed by atoms with van der Waals surface area (Å²) in [6.07, 6.45) is 1.91. The Morgan fingerprint density at radius 1 is 1.00 bits per heavy atom. The Morgan fingerprint density at radius 2 is 1.62 bits per heavy atom. The molecule has 3 amide bonds. The topological polar surface area (TPSA) is 137 Å². The molecule has 1 aromatic heterocycles. The maximum atomic E-state index is 12.8. The van der Waals surface area contributed by atoms with Gasteiger partial charge in [0, 0.05) is 12.3 Å². The fourth-order valence-electron chi connectivity index (χ4n) is 2.45. The third-order valence-corrected chi connectivity index (χ3v) is 4.38. The van der Waals surface area contributed by atoms with E-state index >= 15 is 0 Å². The number of amides is 3. The van der Waals surface area contributed by atoms with Gasteiger partial charge in [0.25, 0.3) is 5.91 Å². The van der Waals surface area contributed by atoms with E-state index in [4.69, 9.17) is 0 Å². The fraction of sp³-hybridized carbons (Fsp3) is 0.550. The van der Waals surface area contributed by atoms with Crippen LogP contribution < -0.4 is 21.5 Å². The molecule has 4 N–H and O–H groups in total. The van der Waals surface area contributed by atoms with E-state index < -0.39 is 41.3 Å². The van der Waals surface area contributed by atoms with E-state index in [0.717, 1.165) is 0 Å². The Balaban J connectivity index is 2.87. The highest BCUT2D eigenvalue weighted by Crippen LogP contribution is 2.20. The SMILES string of the molecule is CC(NC(=O)C(NC(=O)c1ccc(=O)[nH]c1)C(C)(C)C)C(=O)NC(C=O)C(C)C. The van der Waals surface area contributed by atoms with Crippen molar-refractivity contribution in [2.24, 2.45) is 11.3 Å². The second-order valence-electron chi connectivity index (χ2n) is 8.36. The molecule has 1 rings (SSSR count). The Kier molecular flexibility index (Phi) is 8.29. The molecule has 0 aliphatic carbocycles. The number of carbonyl (C=O) groups is 4. The van der Waals surface area contributed by atoms with Gasteiger partial charge in [0.2, 0.25) is 17.4 Å². The Bertz CT molecular complexity index is 789. The van der Waals surface area contributed by atoms with Crippen LogP contribution in [0.4, 0.5) is 0 Å². The summed E-state index contributed by atoms with van der Waals surface area (Å²) in [7, 11) is 0. The number of carbonyl (C=O) groups excluding carboxylic acids is 4. The van der Waals surface area contributed by atoms with E-state index in [1.807, 2.05) is 0 Å². The number of aldehydes is 1. The molecule has 3 atom stereocenters. The molecule has 0 aromatic carbocycles. The molecule has 9 heteroatoms. The van der Waals surface area contributed by atoms with Crippen molar-refractivity contribution in [2.75, 3.05) is 0 Å². The average Bonchev–Trinajstić information content (AvgIpc) is 2.62. The van der Waals surface area contributed by atoms with E-state index in [-0.39, 0.29) is 17.0 Å². The van der Waals surface area contributed by atoms with Gasteiger partial charge in [-0.05, 0) is 24.3 Å². The van der Waals surface area contributed by atoms with Gasteiger partial charge in [0.15, 0.2) is 0 Å². The molecule has 0 aliphatic rings. The molecule has 0 radical (unpaired) electrons. The largest absolute Gasteiger partial charge is 0.345 e. The number of H-pyrrole nitrogens is 1. The summed E-state index contributed by atoms with van der Waals surface area (Å²) in [6.45, 7) is 10.4. The number of nitrogens with one attached hydrogen (secondary N) is 4. The lowest BCUT2D eigenvalue weighted by atomic mass is 9.85. The van der Waals surface area contributed by atoms with Gasteiger partial charge in [0.1, 0.15) is 18.4 Å². The molecule has 1 heterocycles. The average molecular weight is 406 g/mol. The molecule has 160 valence electrons. The summed E-state index contributed by atoms with van der Waals surface area (Å²) in [5.41, 5.74) is -0.800. The highest BCUT2D eigenvalue weighted by molar-refractivity contribution is 5.98. The van der Waals surface area contributed by atoms with Crippen LogP contribution in [0, 0.1) is 11.3 Å². The second kappa shape index (κ2) is 9.99. The van der Waals surface area contributed by atoms with E-state index in [1.54, 1.807) is 34.6 Å². The van der Waals surface area contributed by atoms with Gasteiger partial charge in [-0.2, -0.15) is 0 Å². The van der Waals surface area contributed by atoms with E-state index in [1.165, 1.54) is 25.3 Å². The standard InChI is InChI=1S/C20H30N4O5/c1-11(2)14(10-25)23-17(27)12(3)22-19(29)16(20(4,5)6)24-18(28)13-7-8-15(26)21-9-13/h7-12,14,16H,1-6H3,(H,21,26)(H,22,29)(H,23,27)(H,24,28). The van der Waals surface area contributed by atoms with Crippen LogP contribution in [0.3, 0.4) is 0 Å². The highest BCUT2D eigenvalue weighted by atomic mass is 16.2. The third kappa shape index (κ3) is 7.17. The molecule has 1 aromatic rings. The van der Waals surface area contributed by atoms with Crippen molar-refractivity contribution in [1.29, 1.82) is 0 Å². The molecule has 9 nitrogen and oxygen atoms in total. The fourth-order valence-corrected chi connectivity index (χ4v) is 2.45. The van der Waals surface area contributed by atoms with Crippen molar-refractivity contribution in [3.05, 3.63) is 34.2 Å². The summed E-state index contributed by atoms with van der Waals surface area (Å²) < 4.78 is 0. The molecule has 0 fully saturated rings. The number of hydrogen-bond acceptors (Lipinski definition) is 5. The molecule has 0 aliphatic heterocycles. The maximum absolute atomic E-state index is 12.8. The monoisotopic (exact) mass is 406 g/mol. The molecular weight excluding hydrogens is 376 g/mol. The predicted octanol–water partition coefficient (Wildman–Crippen LogP) is 0.364. The first-order chi connectivity index (χ1) is 13.4. The summed E-state index contributed by atoms with van der Waals surface area (Å²) in [6, 6.07) is 0.0711. The molecule has 0 saturated heterocycles. The van der Waals surface area contributed by atoms with Crippen molar-refractivity contribution in [2.45, 2.75) is 59.7 Å². The second-order valence-corrected chi connectivity index (χ2v) is 8.36. The Morgan fingerprint density at radius 3 is 2.07 bits per heavy atom. The molecule has 0 saturated carbocycles. The van der Waals surface area contributed by atoms with E-state index in [0.29, 0.717) is 6.29 Å². The van der Waals surface area contributed by atoms with Gasteiger partial charge in [-0.1, -0.05) is 34.6 Å². The first kappa shape index (κ1) is 24.1. The highest BCUT2D eigenvalue weighted by Gasteiger charge is 2.34. The lowest BCUT2D eigenvalue weighted by molar-refractivity contribution is -0.131. The van der Waals surface area contributed by atoms with Gasteiger partial charge in [0.05, 0.1) is 11.6 Å². The van der Waals surface area contributed by atoms with Crippen LogP contribution in [0.2, 0.25) is 0 Å². The lowest BCUT2D eigenvalue weighted by Crippen LogP contribution is -2.58. The van der Waals surface area contributed by atoms with Gasteiger partial charge in [-0.25, -0.2) is 0 Å². The summed E-state index contributed by atoms with van der Waals surface area (Å²) in [4.78, 5) is 62.2. The Hall–Kier alpha value is -2.97. The lowest BCUT2D eigenvalue weighted by Gasteiger charge is -2.31. The summed E-state index contributed by atoms with van der Waals surface area (Å²) >= 11 is 0. The van der Waals surface area contributed by atoms with E-state index in [9.17, 15) is 24.0 Å². The van der Waals surface area contributed by atoms with Crippen LogP contribution >= 0.6 is 0 Å². The van der Waals surface area contributed by atoms with Crippen molar-refractivity contribution >= 4 is 24.0 Å². The normalized spacial score (nSPS) is 14.4. The molecule has 0 bridgehead atoms. The van der Waals surface area contributed by atoms with Crippen molar-refractivity contribution in [1.82, 2.24) is 20.9 Å². The zero-order chi connectivity index (χ0) is 22.4. The minimum atomic E-state index is -0.941. The summed E-state index contributed by atoms with van der Waals surface area (Å²) in [5, 5.41) is 7.81. The van der Waals surface area contributed by atoms with Gasteiger partial charge in [-0.15, -0.1) is 0 Å². The third-order valence-electron chi connectivity index (χ3n) is 4.38. The van der Waals surface area contributed by atoms with Crippen molar-refractivity contribution in [3.8, 4) is 0 Å². The maximum Gasteiger partial charge on any atom is 0.253 e. The number of rotatable bonds is 8. The predicted molar refractivity (Wildman–Crippen MR) is 108 cm³/mol. The van der Waals surface area contributed by atoms with Gasteiger partial charge >= 0.3 is 0 Å². The van der Waals surface area contributed by atoms with E-state index in [2.05, 4.69) is 20.9 Å². The van der Waals surface area contributed by atoms with Crippen molar-refractivity contribution < 1.29 is 19.2 Å². The zero-order valence-electron chi connectivity index (χ0n) is 17.7. The van der Waals surface area contributed by atoms with Crippen LogP contribution in [0.1, 0.15) is 51.9 Å². The first-order valence-corrected chi connectivity index (χ1v) is 9.42. The van der Waals surface area contributed by atoms with Crippen LogP contribution in [-0.2, 0) is 14.4 Å². The smallest absolute Gasteiger partial charge is 0.253 e. The van der Waals surface area contributed by atoms with Crippen LogP contribution in [0.25, 0.3) is 0 Å². The Labute approximate surface area is 170 Å². The number of pyridine rings is 1. The number of aromatic nitrogens is 1. The van der Waals surface area contributed by atoms with Crippen molar-refractivity contribution in [3.63, 3.8) is 0 Å². The molecule has 0 spiro atoms. The van der Waals surface area contributed by atoms with Gasteiger partial charge in [-0.3, -0.25) is 19.2 Å². The van der Waals surface area contributed by atoms with Gasteiger partial charge < -0.3 is 25.7 Å². The van der Waals surface area contributed by atoms with Crippen LogP contribution in [0.5, 0.6) is 0 Å². The summed E-state index contributed by atoms with van der Waals surface area (Å²) in [5.74, 6) is -1.65. The molecule has 3 unspecified atom stereocenters. The zero-order valence-corrected chi connectivity index (χ0v) is 17.7. The molecule has 29 heavy (non-hydrogen) atoms. The number of hydrogen-bond donors (Lipinski definition) is 4. The minimum absolute atomic E-state index is 0.0849. The molecular formula is C20H30N4O5. The first-order valence-electron chi connectivity index (χ1n) is 9.42. The number of aromatic amines is 1. The van der Waals surface area contributed by atoms with Crippen LogP contribution in [-0.4, -0.2) is 47.1 Å². The quantitative estimate of drug-likeness (QED) is 0.462. The minimum Gasteiger partial charge on any atom is -0.345 e.